The summed E-state index contributed by atoms with van der Waals surface area (Å²) in [5.41, 5.74) is 0. The van der Waals surface area contributed by atoms with Crippen LogP contribution in [0.2, 0.25) is 0 Å². The Balaban J connectivity index is 1.36. The zero-order chi connectivity index (χ0) is 17.5. The van der Waals surface area contributed by atoms with Gasteiger partial charge in [0, 0.05) is 19.2 Å². The summed E-state index contributed by atoms with van der Waals surface area (Å²) in [6.07, 6.45) is 1.74. The molecule has 1 atom stereocenters. The average Bonchev–Trinajstić information content (AvgIpc) is 2.65. The molecule has 0 spiro atoms. The maximum absolute atomic E-state index is 12.1. The van der Waals surface area contributed by atoms with Crippen LogP contribution < -0.4 is 20.1 Å². The Labute approximate surface area is 145 Å². The van der Waals surface area contributed by atoms with E-state index in [-0.39, 0.29) is 18.4 Å². The average molecular weight is 341 g/mol. The van der Waals surface area contributed by atoms with Crippen molar-refractivity contribution in [1.29, 1.82) is 0 Å². The standard InChI is InChI=1S/C18H19N3O4/c22-17(21-16-8-3-4-10-19-16)9-5-11-20-18(23)15-12-24-13-6-1-2-7-14(13)25-15/h1-4,6-8,10,15H,5,9,11-12H2,(H,20,23)(H,19,21,22)/t15-/m0/s1. The van der Waals surface area contributed by atoms with Crippen LogP contribution in [-0.2, 0) is 9.59 Å². The van der Waals surface area contributed by atoms with Crippen molar-refractivity contribution in [3.8, 4) is 11.5 Å². The van der Waals surface area contributed by atoms with E-state index in [1.165, 1.54) is 0 Å². The Hall–Kier alpha value is -3.09. The molecule has 7 nitrogen and oxygen atoms in total. The van der Waals surface area contributed by atoms with Crippen LogP contribution in [0.1, 0.15) is 12.8 Å². The normalized spacial score (nSPS) is 15.3. The van der Waals surface area contributed by atoms with Crippen molar-refractivity contribution in [2.45, 2.75) is 18.9 Å². The van der Waals surface area contributed by atoms with Crippen molar-refractivity contribution in [2.75, 3.05) is 18.5 Å². The van der Waals surface area contributed by atoms with E-state index >= 15 is 0 Å². The van der Waals surface area contributed by atoms with E-state index in [4.69, 9.17) is 9.47 Å². The van der Waals surface area contributed by atoms with E-state index in [0.29, 0.717) is 36.7 Å². The topological polar surface area (TPSA) is 89.6 Å². The zero-order valence-corrected chi connectivity index (χ0v) is 13.6. The van der Waals surface area contributed by atoms with Crippen LogP contribution in [0.25, 0.3) is 0 Å². The number of amides is 2. The summed E-state index contributed by atoms with van der Waals surface area (Å²) in [5, 5.41) is 5.46. The minimum atomic E-state index is -0.683. The van der Waals surface area contributed by atoms with Gasteiger partial charge >= 0.3 is 0 Å². The van der Waals surface area contributed by atoms with Crippen LogP contribution in [-0.4, -0.2) is 36.1 Å². The molecule has 0 radical (unpaired) electrons. The number of carbonyl (C=O) groups excluding carboxylic acids is 2. The highest BCUT2D eigenvalue weighted by atomic mass is 16.6. The van der Waals surface area contributed by atoms with Gasteiger partial charge in [-0.15, -0.1) is 0 Å². The largest absolute Gasteiger partial charge is 0.485 e. The highest BCUT2D eigenvalue weighted by molar-refractivity contribution is 5.89. The van der Waals surface area contributed by atoms with Gasteiger partial charge in [-0.2, -0.15) is 0 Å². The van der Waals surface area contributed by atoms with Crippen molar-refractivity contribution >= 4 is 17.6 Å². The molecule has 2 amide bonds. The number of hydrogen-bond donors (Lipinski definition) is 2. The first kappa shape index (κ1) is 16.8. The van der Waals surface area contributed by atoms with E-state index in [2.05, 4.69) is 15.6 Å². The number of hydrogen-bond acceptors (Lipinski definition) is 5. The summed E-state index contributed by atoms with van der Waals surface area (Å²) in [4.78, 5) is 27.9. The van der Waals surface area contributed by atoms with Gasteiger partial charge in [0.15, 0.2) is 11.5 Å². The molecule has 2 N–H and O–H groups in total. The van der Waals surface area contributed by atoms with E-state index < -0.39 is 6.10 Å². The third-order valence-corrected chi connectivity index (χ3v) is 3.61. The summed E-state index contributed by atoms with van der Waals surface area (Å²) >= 11 is 0. The second-order valence-corrected chi connectivity index (χ2v) is 5.52. The molecular formula is C18H19N3O4. The molecule has 2 heterocycles. The Bertz CT molecular complexity index is 736. The van der Waals surface area contributed by atoms with Gasteiger partial charge in [0.05, 0.1) is 0 Å². The molecule has 0 aliphatic carbocycles. The maximum Gasteiger partial charge on any atom is 0.264 e. The summed E-state index contributed by atoms with van der Waals surface area (Å²) < 4.78 is 11.1. The lowest BCUT2D eigenvalue weighted by Gasteiger charge is -2.25. The van der Waals surface area contributed by atoms with E-state index in [9.17, 15) is 9.59 Å². The van der Waals surface area contributed by atoms with Crippen molar-refractivity contribution in [2.24, 2.45) is 0 Å². The number of nitrogens with zero attached hydrogens (tertiary/aromatic N) is 1. The molecule has 7 heteroatoms. The Morgan fingerprint density at radius 3 is 2.72 bits per heavy atom. The van der Waals surface area contributed by atoms with Crippen LogP contribution in [0.3, 0.4) is 0 Å². The molecule has 3 rings (SSSR count). The maximum atomic E-state index is 12.1. The molecule has 1 aromatic heterocycles. The van der Waals surface area contributed by atoms with Gasteiger partial charge in [0.1, 0.15) is 12.4 Å². The fourth-order valence-electron chi connectivity index (χ4n) is 2.37. The number of fused-ring (bicyclic) bond motifs is 1. The highest BCUT2D eigenvalue weighted by Gasteiger charge is 2.26. The summed E-state index contributed by atoms with van der Waals surface area (Å²) in [5.74, 6) is 1.32. The van der Waals surface area contributed by atoms with E-state index in [0.717, 1.165) is 0 Å². The molecule has 1 aliphatic rings. The first-order valence-electron chi connectivity index (χ1n) is 8.09. The predicted molar refractivity (Wildman–Crippen MR) is 91.5 cm³/mol. The van der Waals surface area contributed by atoms with Gasteiger partial charge in [-0.05, 0) is 30.7 Å². The van der Waals surface area contributed by atoms with Gasteiger partial charge in [0.25, 0.3) is 5.91 Å². The Morgan fingerprint density at radius 2 is 1.92 bits per heavy atom. The minimum absolute atomic E-state index is 0.140. The minimum Gasteiger partial charge on any atom is -0.485 e. The number of rotatable bonds is 6. The van der Waals surface area contributed by atoms with Crippen molar-refractivity contribution in [1.82, 2.24) is 10.3 Å². The van der Waals surface area contributed by atoms with Crippen LogP contribution >= 0.6 is 0 Å². The third-order valence-electron chi connectivity index (χ3n) is 3.61. The number of pyridine rings is 1. The van der Waals surface area contributed by atoms with Crippen LogP contribution in [0, 0.1) is 0 Å². The predicted octanol–water partition coefficient (Wildman–Crippen LogP) is 1.76. The molecule has 0 saturated carbocycles. The summed E-state index contributed by atoms with van der Waals surface area (Å²) in [6.45, 7) is 0.555. The van der Waals surface area contributed by atoms with Gasteiger partial charge in [-0.3, -0.25) is 9.59 Å². The second-order valence-electron chi connectivity index (χ2n) is 5.52. The molecule has 0 unspecified atom stereocenters. The number of para-hydroxylation sites is 2. The monoisotopic (exact) mass is 341 g/mol. The fraction of sp³-hybridized carbons (Fsp3) is 0.278. The zero-order valence-electron chi connectivity index (χ0n) is 13.6. The lowest BCUT2D eigenvalue weighted by Crippen LogP contribution is -2.44. The molecule has 0 saturated heterocycles. The highest BCUT2D eigenvalue weighted by Crippen LogP contribution is 2.30. The number of benzene rings is 1. The number of anilines is 1. The van der Waals surface area contributed by atoms with E-state index in [1.54, 1.807) is 36.5 Å². The van der Waals surface area contributed by atoms with Gasteiger partial charge in [0.2, 0.25) is 12.0 Å². The van der Waals surface area contributed by atoms with Crippen LogP contribution in [0.15, 0.2) is 48.7 Å². The number of aromatic nitrogens is 1. The number of carbonyl (C=O) groups is 2. The lowest BCUT2D eigenvalue weighted by atomic mass is 10.2. The molecule has 2 aromatic rings. The fourth-order valence-corrected chi connectivity index (χ4v) is 2.37. The quantitative estimate of drug-likeness (QED) is 0.782. The molecule has 25 heavy (non-hydrogen) atoms. The third kappa shape index (κ3) is 4.69. The molecule has 0 fully saturated rings. The second kappa shape index (κ2) is 8.14. The Kier molecular flexibility index (Phi) is 5.46. The first-order valence-corrected chi connectivity index (χ1v) is 8.09. The van der Waals surface area contributed by atoms with Gasteiger partial charge in [-0.25, -0.2) is 4.98 Å². The number of ether oxygens (including phenoxy) is 2. The van der Waals surface area contributed by atoms with Gasteiger partial charge < -0.3 is 20.1 Å². The van der Waals surface area contributed by atoms with Crippen molar-refractivity contribution < 1.29 is 19.1 Å². The van der Waals surface area contributed by atoms with Crippen LogP contribution in [0.5, 0.6) is 11.5 Å². The molecular weight excluding hydrogens is 322 g/mol. The van der Waals surface area contributed by atoms with Gasteiger partial charge in [-0.1, -0.05) is 18.2 Å². The Morgan fingerprint density at radius 1 is 1.12 bits per heavy atom. The van der Waals surface area contributed by atoms with Crippen molar-refractivity contribution in [3.63, 3.8) is 0 Å². The molecule has 1 aromatic carbocycles. The SMILES string of the molecule is O=C(CCCNC(=O)[C@@H]1COc2ccccc2O1)Nc1ccccn1. The molecule has 130 valence electrons. The summed E-state index contributed by atoms with van der Waals surface area (Å²) in [6, 6.07) is 12.5. The van der Waals surface area contributed by atoms with Crippen molar-refractivity contribution in [3.05, 3.63) is 48.7 Å². The summed E-state index contributed by atoms with van der Waals surface area (Å²) in [7, 11) is 0. The molecule has 1 aliphatic heterocycles. The number of nitrogens with one attached hydrogen (secondary N) is 2. The van der Waals surface area contributed by atoms with Crippen LogP contribution in [0.4, 0.5) is 5.82 Å². The first-order chi connectivity index (χ1) is 12.2. The molecule has 0 bridgehead atoms. The smallest absolute Gasteiger partial charge is 0.264 e. The van der Waals surface area contributed by atoms with E-state index in [1.807, 2.05) is 12.1 Å². The lowest BCUT2D eigenvalue weighted by molar-refractivity contribution is -0.130.